The van der Waals surface area contributed by atoms with Crippen molar-refractivity contribution in [2.75, 3.05) is 6.54 Å². The number of ether oxygens (including phenoxy) is 1. The second kappa shape index (κ2) is 9.12. The molecular formula is C18H25ClF3N3O2. The highest BCUT2D eigenvalue weighted by molar-refractivity contribution is 5.85. The summed E-state index contributed by atoms with van der Waals surface area (Å²) >= 11 is 0. The van der Waals surface area contributed by atoms with Crippen molar-refractivity contribution in [2.24, 2.45) is 5.92 Å². The normalized spacial score (nSPS) is 16.2. The quantitative estimate of drug-likeness (QED) is 0.758. The number of carbonyl (C=O) groups is 1. The van der Waals surface area contributed by atoms with Gasteiger partial charge in [0.25, 0.3) is 0 Å². The minimum absolute atomic E-state index is 0. The molecule has 1 aliphatic carbocycles. The van der Waals surface area contributed by atoms with Gasteiger partial charge in [-0.1, -0.05) is 12.1 Å². The van der Waals surface area contributed by atoms with E-state index in [4.69, 9.17) is 0 Å². The Balaban J connectivity index is 0.00000261. The molecule has 152 valence electrons. The van der Waals surface area contributed by atoms with E-state index >= 15 is 0 Å². The van der Waals surface area contributed by atoms with Gasteiger partial charge >= 0.3 is 6.36 Å². The third-order valence-electron chi connectivity index (χ3n) is 4.49. The lowest BCUT2D eigenvalue weighted by Crippen LogP contribution is -2.28. The second-order valence-corrected chi connectivity index (χ2v) is 6.44. The van der Waals surface area contributed by atoms with E-state index in [0.717, 1.165) is 31.4 Å². The van der Waals surface area contributed by atoms with Crippen molar-refractivity contribution in [2.45, 2.75) is 38.5 Å². The van der Waals surface area contributed by atoms with E-state index in [2.05, 4.69) is 20.0 Å². The fraction of sp³-hybridized carbons (Fsp3) is 0.444. The van der Waals surface area contributed by atoms with E-state index in [1.165, 1.54) is 30.0 Å². The number of aromatic amines is 1. The Bertz CT molecular complexity index is 758. The molecule has 1 unspecified atom stereocenters. The zero-order valence-corrected chi connectivity index (χ0v) is 15.3. The monoisotopic (exact) mass is 407 g/mol. The molecule has 27 heavy (non-hydrogen) atoms. The number of hydrogen-bond acceptors (Lipinski definition) is 3. The lowest BCUT2D eigenvalue weighted by Gasteiger charge is -2.21. The maximum Gasteiger partial charge on any atom is 0.573 e. The summed E-state index contributed by atoms with van der Waals surface area (Å²) in [5.41, 5.74) is 2.97. The molecular weight excluding hydrogens is 383 g/mol. The van der Waals surface area contributed by atoms with Gasteiger partial charge in [0.2, 0.25) is 5.91 Å². The number of H-pyrrole nitrogens is 1. The fourth-order valence-corrected chi connectivity index (χ4v) is 3.19. The molecule has 0 fully saturated rings. The van der Waals surface area contributed by atoms with E-state index < -0.39 is 6.36 Å². The first-order valence-corrected chi connectivity index (χ1v) is 8.51. The zero-order valence-electron chi connectivity index (χ0n) is 14.5. The number of rotatable bonds is 6. The van der Waals surface area contributed by atoms with Crippen molar-refractivity contribution < 1.29 is 25.6 Å². The number of imidazole rings is 1. The van der Waals surface area contributed by atoms with Crippen molar-refractivity contribution in [1.29, 1.82) is 0 Å². The van der Waals surface area contributed by atoms with Crippen molar-refractivity contribution in [3.05, 3.63) is 47.5 Å². The van der Waals surface area contributed by atoms with Crippen molar-refractivity contribution in [3.63, 3.8) is 0 Å². The second-order valence-electron chi connectivity index (χ2n) is 6.44. The predicted octanol–water partition coefficient (Wildman–Crippen LogP) is 4.08. The summed E-state index contributed by atoms with van der Waals surface area (Å²) in [4.78, 5) is 19.4. The Morgan fingerprint density at radius 2 is 2.07 bits per heavy atom. The number of carbonyl (C=O) groups excluding carboxylic acids is 1. The molecule has 0 saturated carbocycles. The van der Waals surface area contributed by atoms with Crippen LogP contribution in [0.3, 0.4) is 0 Å². The number of halogens is 4. The van der Waals surface area contributed by atoms with Crippen LogP contribution in [0.1, 0.15) is 32.6 Å². The summed E-state index contributed by atoms with van der Waals surface area (Å²) in [6.45, 7) is 0.586. The lowest BCUT2D eigenvalue weighted by atomic mass is 9.87. The van der Waals surface area contributed by atoms with Crippen LogP contribution >= 0.6 is 12.4 Å². The molecule has 1 heterocycles. The molecule has 0 saturated heterocycles. The molecule has 1 amide bonds. The van der Waals surface area contributed by atoms with Gasteiger partial charge in [-0.15, -0.1) is 25.6 Å². The SMILES string of the molecule is Cl.O=C(Cc1ccc(OC(F)(F)F)cc1)NCCC1CCc2nc[nH]c2C1.[HH].[HH]. The molecule has 0 spiro atoms. The van der Waals surface area contributed by atoms with Crippen molar-refractivity contribution in [3.8, 4) is 5.75 Å². The smallest absolute Gasteiger partial charge is 0.406 e. The Morgan fingerprint density at radius 1 is 1.33 bits per heavy atom. The van der Waals surface area contributed by atoms with Crippen LogP contribution < -0.4 is 10.1 Å². The molecule has 1 atom stereocenters. The van der Waals surface area contributed by atoms with Crippen LogP contribution in [0.2, 0.25) is 0 Å². The molecule has 3 rings (SSSR count). The topological polar surface area (TPSA) is 67.0 Å². The van der Waals surface area contributed by atoms with Crippen LogP contribution in [0, 0.1) is 5.92 Å². The summed E-state index contributed by atoms with van der Waals surface area (Å²) in [6.07, 6.45) is 1.00. The van der Waals surface area contributed by atoms with E-state index in [0.29, 0.717) is 18.0 Å². The minimum atomic E-state index is -4.71. The molecule has 0 bridgehead atoms. The molecule has 2 N–H and O–H groups in total. The van der Waals surface area contributed by atoms with Gasteiger partial charge in [0.05, 0.1) is 18.4 Å². The Labute approximate surface area is 164 Å². The van der Waals surface area contributed by atoms with Gasteiger partial charge in [0.1, 0.15) is 5.75 Å². The van der Waals surface area contributed by atoms with E-state index in [9.17, 15) is 18.0 Å². The largest absolute Gasteiger partial charge is 0.573 e. The van der Waals surface area contributed by atoms with Gasteiger partial charge in [-0.2, -0.15) is 0 Å². The van der Waals surface area contributed by atoms with Crippen molar-refractivity contribution in [1.82, 2.24) is 15.3 Å². The van der Waals surface area contributed by atoms with Gasteiger partial charge in [-0.05, 0) is 49.3 Å². The maximum absolute atomic E-state index is 12.1. The lowest BCUT2D eigenvalue weighted by molar-refractivity contribution is -0.274. The zero-order chi connectivity index (χ0) is 18.6. The number of aryl methyl sites for hydroxylation is 1. The standard InChI is InChI=1S/C18H20F3N3O2.ClH.2H2/c19-18(20,21)26-14-4-1-12(2-5-14)10-17(25)22-8-7-13-3-6-15-16(9-13)24-11-23-15;;;/h1-2,4-5,11,13H,3,6-10H2,(H,22,25)(H,23,24);3*1H. The first-order chi connectivity index (χ1) is 12.4. The molecule has 9 heteroatoms. The maximum atomic E-state index is 12.1. The van der Waals surface area contributed by atoms with E-state index in [-0.39, 0.29) is 33.3 Å². The molecule has 1 aromatic carbocycles. The predicted molar refractivity (Wildman–Crippen MR) is 100 cm³/mol. The summed E-state index contributed by atoms with van der Waals surface area (Å²) in [6, 6.07) is 5.34. The third-order valence-corrected chi connectivity index (χ3v) is 4.49. The molecule has 5 nitrogen and oxygen atoms in total. The van der Waals surface area contributed by atoms with Crippen LogP contribution in [-0.2, 0) is 24.1 Å². The highest BCUT2D eigenvalue weighted by Crippen LogP contribution is 2.25. The van der Waals surface area contributed by atoms with Crippen LogP contribution in [0.15, 0.2) is 30.6 Å². The van der Waals surface area contributed by atoms with Gasteiger partial charge in [-0.3, -0.25) is 4.79 Å². The summed E-state index contributed by atoms with van der Waals surface area (Å²) in [5.74, 6) is 0.0757. The highest BCUT2D eigenvalue weighted by atomic mass is 35.5. The number of nitrogens with zero attached hydrogens (tertiary/aromatic N) is 1. The van der Waals surface area contributed by atoms with Crippen LogP contribution in [0.4, 0.5) is 13.2 Å². The fourth-order valence-electron chi connectivity index (χ4n) is 3.19. The minimum Gasteiger partial charge on any atom is -0.406 e. The summed E-state index contributed by atoms with van der Waals surface area (Å²) in [5, 5.41) is 2.87. The number of amides is 1. The number of alkyl halides is 3. The van der Waals surface area contributed by atoms with Gasteiger partial charge in [0, 0.05) is 15.1 Å². The average molecular weight is 408 g/mol. The Hall–Kier alpha value is -2.22. The van der Waals surface area contributed by atoms with Gasteiger partial charge < -0.3 is 15.0 Å². The van der Waals surface area contributed by atoms with Crippen molar-refractivity contribution >= 4 is 18.3 Å². The molecule has 1 aromatic heterocycles. The van der Waals surface area contributed by atoms with E-state index in [1.54, 1.807) is 6.33 Å². The number of aromatic nitrogens is 2. The van der Waals surface area contributed by atoms with Gasteiger partial charge in [-0.25, -0.2) is 4.98 Å². The molecule has 2 aromatic rings. The third kappa shape index (κ3) is 6.46. The number of fused-ring (bicyclic) bond motifs is 1. The highest BCUT2D eigenvalue weighted by Gasteiger charge is 2.31. The first kappa shape index (κ1) is 21.1. The first-order valence-electron chi connectivity index (χ1n) is 8.51. The van der Waals surface area contributed by atoms with Gasteiger partial charge in [0.15, 0.2) is 0 Å². The number of benzene rings is 1. The van der Waals surface area contributed by atoms with Crippen LogP contribution in [0.25, 0.3) is 0 Å². The summed E-state index contributed by atoms with van der Waals surface area (Å²) < 4.78 is 40.2. The average Bonchev–Trinajstić information content (AvgIpc) is 3.03. The number of hydrogen-bond donors (Lipinski definition) is 2. The Kier molecular flexibility index (Phi) is 7.12. The van der Waals surface area contributed by atoms with Crippen LogP contribution in [-0.4, -0.2) is 28.8 Å². The number of nitrogens with one attached hydrogen (secondary N) is 2. The molecule has 1 aliphatic rings. The molecule has 0 aliphatic heterocycles. The Morgan fingerprint density at radius 3 is 2.78 bits per heavy atom. The summed E-state index contributed by atoms with van der Waals surface area (Å²) in [7, 11) is 0. The van der Waals surface area contributed by atoms with Crippen LogP contribution in [0.5, 0.6) is 5.75 Å². The molecule has 0 radical (unpaired) electrons. The van der Waals surface area contributed by atoms with E-state index in [1.807, 2.05) is 0 Å².